The molecule has 6 unspecified atom stereocenters. The van der Waals surface area contributed by atoms with Crippen LogP contribution in [0.15, 0.2) is 0 Å². The van der Waals surface area contributed by atoms with Gasteiger partial charge in [-0.15, -0.1) is 0 Å². The predicted octanol–water partition coefficient (Wildman–Crippen LogP) is 1.42. The molecule has 0 radical (unpaired) electrons. The normalized spacial score (nSPS) is 30.3. The standard InChI is InChI=1S/C26H47NO9/c1-2-20(28)19(16-35-26-24(31)23(30)25-21(36-26)17-34-25)27-22(29)10-8-6-4-3-5-7-9-13-33-18-11-14-32-15-12-18/h18-21,23-26,28,30-31H,2-17H2,1H3,(H,27,29)/t19-,20?,21?,23?,24?,25?,26?/m0/s1. The van der Waals surface area contributed by atoms with E-state index in [4.69, 9.17) is 23.7 Å². The molecule has 3 saturated heterocycles. The zero-order chi connectivity index (χ0) is 25.8. The number of hydrogen-bond donors (Lipinski definition) is 4. The molecule has 4 N–H and O–H groups in total. The van der Waals surface area contributed by atoms with Crippen LogP contribution in [0.1, 0.15) is 77.6 Å². The fourth-order valence-electron chi connectivity index (χ4n) is 4.84. The minimum Gasteiger partial charge on any atom is -0.391 e. The van der Waals surface area contributed by atoms with Crippen LogP contribution in [-0.4, -0.2) is 103 Å². The summed E-state index contributed by atoms with van der Waals surface area (Å²) in [6.45, 7) is 4.62. The van der Waals surface area contributed by atoms with Gasteiger partial charge in [-0.2, -0.15) is 0 Å². The maximum absolute atomic E-state index is 12.4. The van der Waals surface area contributed by atoms with E-state index in [1.165, 1.54) is 12.8 Å². The first kappa shape index (κ1) is 29.7. The lowest BCUT2D eigenvalue weighted by Crippen LogP contribution is -2.66. The maximum Gasteiger partial charge on any atom is 0.220 e. The molecule has 1 amide bonds. The Morgan fingerprint density at radius 1 is 1.00 bits per heavy atom. The Morgan fingerprint density at radius 2 is 1.69 bits per heavy atom. The Kier molecular flexibility index (Phi) is 13.4. The third kappa shape index (κ3) is 9.47. The second-order valence-corrected chi connectivity index (χ2v) is 10.2. The number of aliphatic hydroxyl groups is 3. The van der Waals surface area contributed by atoms with Crippen molar-refractivity contribution in [2.24, 2.45) is 0 Å². The summed E-state index contributed by atoms with van der Waals surface area (Å²) in [4.78, 5) is 12.4. The molecule has 0 spiro atoms. The van der Waals surface area contributed by atoms with Crippen LogP contribution >= 0.6 is 0 Å². The Labute approximate surface area is 215 Å². The second kappa shape index (κ2) is 16.2. The summed E-state index contributed by atoms with van der Waals surface area (Å²) >= 11 is 0. The molecule has 3 aliphatic heterocycles. The van der Waals surface area contributed by atoms with Crippen LogP contribution in [0.5, 0.6) is 0 Å². The topological polar surface area (TPSA) is 136 Å². The Morgan fingerprint density at radius 3 is 2.36 bits per heavy atom. The van der Waals surface area contributed by atoms with Crippen molar-refractivity contribution < 1.29 is 43.8 Å². The van der Waals surface area contributed by atoms with Crippen molar-refractivity contribution in [3.05, 3.63) is 0 Å². The van der Waals surface area contributed by atoms with Gasteiger partial charge in [-0.1, -0.05) is 39.0 Å². The van der Waals surface area contributed by atoms with Crippen molar-refractivity contribution in [3.63, 3.8) is 0 Å². The summed E-state index contributed by atoms with van der Waals surface area (Å²) in [7, 11) is 0. The molecule has 3 fully saturated rings. The Hall–Kier alpha value is -0.850. The molecule has 0 aromatic carbocycles. The molecule has 10 nitrogen and oxygen atoms in total. The molecule has 7 atom stereocenters. The molecule has 3 rings (SSSR count). The SMILES string of the molecule is CCC(O)[C@H](COC1OC2COC2C(O)C1O)NC(=O)CCCCCCCCCOC1CCOCC1. The third-order valence-corrected chi connectivity index (χ3v) is 7.33. The zero-order valence-electron chi connectivity index (χ0n) is 21.7. The molecule has 0 aromatic heterocycles. The number of amides is 1. The lowest BCUT2D eigenvalue weighted by molar-refractivity contribution is -0.351. The van der Waals surface area contributed by atoms with Crippen LogP contribution in [0.4, 0.5) is 0 Å². The molecule has 3 aliphatic rings. The van der Waals surface area contributed by atoms with E-state index in [0.717, 1.165) is 64.8 Å². The number of aliphatic hydroxyl groups excluding tert-OH is 3. The van der Waals surface area contributed by atoms with Crippen molar-refractivity contribution in [2.75, 3.05) is 33.0 Å². The van der Waals surface area contributed by atoms with Gasteiger partial charge in [0.05, 0.1) is 31.5 Å². The van der Waals surface area contributed by atoms with Gasteiger partial charge in [-0.25, -0.2) is 0 Å². The fraction of sp³-hybridized carbons (Fsp3) is 0.962. The number of fused-ring (bicyclic) bond motifs is 1. The van der Waals surface area contributed by atoms with E-state index >= 15 is 0 Å². The monoisotopic (exact) mass is 517 g/mol. The number of ether oxygens (including phenoxy) is 5. The summed E-state index contributed by atoms with van der Waals surface area (Å²) in [5.74, 6) is -0.126. The fourth-order valence-corrected chi connectivity index (χ4v) is 4.84. The number of rotatable bonds is 17. The highest BCUT2D eigenvalue weighted by Crippen LogP contribution is 2.30. The van der Waals surface area contributed by atoms with Crippen molar-refractivity contribution in [1.29, 1.82) is 0 Å². The van der Waals surface area contributed by atoms with Crippen LogP contribution in [0.3, 0.4) is 0 Å². The van der Waals surface area contributed by atoms with E-state index in [1.54, 1.807) is 0 Å². The minimum absolute atomic E-state index is 0.0221. The molecule has 0 saturated carbocycles. The van der Waals surface area contributed by atoms with E-state index in [0.29, 0.717) is 25.6 Å². The number of carbonyl (C=O) groups is 1. The average Bonchev–Trinajstić information content (AvgIpc) is 2.87. The van der Waals surface area contributed by atoms with Crippen molar-refractivity contribution >= 4 is 5.91 Å². The lowest BCUT2D eigenvalue weighted by atomic mass is 9.95. The highest BCUT2D eigenvalue weighted by molar-refractivity contribution is 5.76. The summed E-state index contributed by atoms with van der Waals surface area (Å²) in [5, 5.41) is 33.5. The van der Waals surface area contributed by atoms with Gasteiger partial charge in [0.25, 0.3) is 0 Å². The second-order valence-electron chi connectivity index (χ2n) is 10.2. The molecule has 210 valence electrons. The van der Waals surface area contributed by atoms with E-state index in [2.05, 4.69) is 5.32 Å². The summed E-state index contributed by atoms with van der Waals surface area (Å²) in [6, 6.07) is -0.617. The third-order valence-electron chi connectivity index (χ3n) is 7.33. The highest BCUT2D eigenvalue weighted by Gasteiger charge is 2.51. The Bertz CT molecular complexity index is 618. The van der Waals surface area contributed by atoms with Gasteiger partial charge in [0, 0.05) is 26.2 Å². The highest BCUT2D eigenvalue weighted by atomic mass is 16.7. The smallest absolute Gasteiger partial charge is 0.220 e. The molecule has 3 heterocycles. The van der Waals surface area contributed by atoms with Gasteiger partial charge in [0.15, 0.2) is 6.29 Å². The van der Waals surface area contributed by atoms with E-state index in [1.807, 2.05) is 6.92 Å². The van der Waals surface area contributed by atoms with Gasteiger partial charge in [0.2, 0.25) is 5.91 Å². The van der Waals surface area contributed by atoms with E-state index in [9.17, 15) is 20.1 Å². The molecular weight excluding hydrogens is 470 g/mol. The number of unbranched alkanes of at least 4 members (excludes halogenated alkanes) is 6. The minimum atomic E-state index is -1.25. The van der Waals surface area contributed by atoms with Crippen LogP contribution in [0, 0.1) is 0 Å². The molecule has 0 aliphatic carbocycles. The van der Waals surface area contributed by atoms with Crippen molar-refractivity contribution in [1.82, 2.24) is 5.32 Å². The largest absolute Gasteiger partial charge is 0.391 e. The predicted molar refractivity (Wildman–Crippen MR) is 131 cm³/mol. The summed E-state index contributed by atoms with van der Waals surface area (Å²) in [6.07, 6.45) is 5.75. The molecular formula is C26H47NO9. The summed E-state index contributed by atoms with van der Waals surface area (Å²) < 4.78 is 27.7. The van der Waals surface area contributed by atoms with E-state index < -0.39 is 36.7 Å². The van der Waals surface area contributed by atoms with Gasteiger partial charge in [-0.05, 0) is 32.1 Å². The van der Waals surface area contributed by atoms with Gasteiger partial charge in [0.1, 0.15) is 24.4 Å². The van der Waals surface area contributed by atoms with Crippen LogP contribution in [-0.2, 0) is 28.5 Å². The molecule has 36 heavy (non-hydrogen) atoms. The van der Waals surface area contributed by atoms with Crippen molar-refractivity contribution in [2.45, 2.75) is 127 Å². The zero-order valence-corrected chi connectivity index (χ0v) is 21.7. The first-order valence-electron chi connectivity index (χ1n) is 13.9. The van der Waals surface area contributed by atoms with Crippen LogP contribution < -0.4 is 5.32 Å². The average molecular weight is 518 g/mol. The quantitative estimate of drug-likeness (QED) is 0.211. The number of nitrogens with one attached hydrogen (secondary N) is 1. The van der Waals surface area contributed by atoms with Gasteiger partial charge >= 0.3 is 0 Å². The first-order chi connectivity index (χ1) is 17.5. The van der Waals surface area contributed by atoms with Crippen LogP contribution in [0.2, 0.25) is 0 Å². The maximum atomic E-state index is 12.4. The van der Waals surface area contributed by atoms with Crippen LogP contribution in [0.25, 0.3) is 0 Å². The first-order valence-corrected chi connectivity index (χ1v) is 13.9. The molecule has 0 aromatic rings. The van der Waals surface area contributed by atoms with E-state index in [-0.39, 0.29) is 18.6 Å². The molecule has 0 bridgehead atoms. The Balaban J connectivity index is 1.21. The van der Waals surface area contributed by atoms with Gasteiger partial charge in [-0.3, -0.25) is 4.79 Å². The van der Waals surface area contributed by atoms with Gasteiger partial charge < -0.3 is 44.3 Å². The number of carbonyl (C=O) groups excluding carboxylic acids is 1. The lowest BCUT2D eigenvalue weighted by Gasteiger charge is -2.48. The molecule has 10 heteroatoms. The number of hydrogen-bond acceptors (Lipinski definition) is 9. The summed E-state index contributed by atoms with van der Waals surface area (Å²) in [5.41, 5.74) is 0. The van der Waals surface area contributed by atoms with Crippen molar-refractivity contribution in [3.8, 4) is 0 Å².